The van der Waals surface area contributed by atoms with Crippen molar-refractivity contribution in [1.82, 2.24) is 0 Å². The summed E-state index contributed by atoms with van der Waals surface area (Å²) in [6.45, 7) is 7.45. The molecule has 0 bridgehead atoms. The van der Waals surface area contributed by atoms with Crippen LogP contribution in [0.15, 0.2) is 52.9 Å². The first-order chi connectivity index (χ1) is 12.2. The number of para-hydroxylation sites is 1. The number of hydrogen-bond donors (Lipinski definition) is 2. The van der Waals surface area contributed by atoms with Gasteiger partial charge in [0.1, 0.15) is 5.58 Å². The summed E-state index contributed by atoms with van der Waals surface area (Å²) in [6, 6.07) is 14.6. The zero-order chi connectivity index (χ0) is 18.9. The summed E-state index contributed by atoms with van der Waals surface area (Å²) in [4.78, 5) is 24.5. The molecule has 0 atom stereocenters. The molecular weight excluding hydrogens is 328 g/mol. The largest absolute Gasteiger partial charge is 0.451 e. The Morgan fingerprint density at radius 3 is 2.35 bits per heavy atom. The molecule has 134 valence electrons. The summed E-state index contributed by atoms with van der Waals surface area (Å²) in [5.41, 5.74) is 2.42. The second kappa shape index (κ2) is 6.67. The van der Waals surface area contributed by atoms with Gasteiger partial charge in [0.15, 0.2) is 5.76 Å². The van der Waals surface area contributed by atoms with Crippen LogP contribution in [0.3, 0.4) is 0 Å². The maximum Gasteiger partial charge on any atom is 0.291 e. The highest BCUT2D eigenvalue weighted by molar-refractivity contribution is 6.05. The molecule has 3 aromatic rings. The Morgan fingerprint density at radius 2 is 1.69 bits per heavy atom. The van der Waals surface area contributed by atoms with Crippen LogP contribution >= 0.6 is 0 Å². The normalized spacial score (nSPS) is 11.4. The summed E-state index contributed by atoms with van der Waals surface area (Å²) in [7, 11) is 0. The number of aryl methyl sites for hydroxylation is 1. The number of benzene rings is 2. The number of rotatable bonds is 3. The summed E-state index contributed by atoms with van der Waals surface area (Å²) in [6.07, 6.45) is 0. The van der Waals surface area contributed by atoms with E-state index in [1.807, 2.05) is 58.0 Å². The third-order valence-corrected chi connectivity index (χ3v) is 4.06. The van der Waals surface area contributed by atoms with Crippen LogP contribution in [0.2, 0.25) is 0 Å². The second-order valence-electron chi connectivity index (χ2n) is 7.34. The van der Waals surface area contributed by atoms with Gasteiger partial charge in [-0.1, -0.05) is 39.0 Å². The molecule has 0 aliphatic rings. The van der Waals surface area contributed by atoms with Gasteiger partial charge in [-0.05, 0) is 42.8 Å². The van der Waals surface area contributed by atoms with E-state index in [4.69, 9.17) is 4.42 Å². The van der Waals surface area contributed by atoms with E-state index in [-0.39, 0.29) is 17.6 Å². The molecule has 3 rings (SSSR count). The van der Waals surface area contributed by atoms with Crippen LogP contribution in [0.5, 0.6) is 0 Å². The summed E-state index contributed by atoms with van der Waals surface area (Å²) in [5.74, 6) is -0.109. The predicted molar refractivity (Wildman–Crippen MR) is 103 cm³/mol. The molecule has 26 heavy (non-hydrogen) atoms. The lowest BCUT2D eigenvalue weighted by Crippen LogP contribution is -2.27. The third-order valence-electron chi connectivity index (χ3n) is 4.06. The lowest BCUT2D eigenvalue weighted by atomic mass is 9.95. The molecule has 0 aliphatic carbocycles. The van der Waals surface area contributed by atoms with Crippen LogP contribution in [-0.2, 0) is 4.79 Å². The van der Waals surface area contributed by atoms with Gasteiger partial charge >= 0.3 is 0 Å². The lowest BCUT2D eigenvalue weighted by Gasteiger charge is -2.18. The molecule has 0 aliphatic heterocycles. The Hall–Kier alpha value is -3.08. The van der Waals surface area contributed by atoms with Gasteiger partial charge in [0.25, 0.3) is 5.91 Å². The van der Waals surface area contributed by atoms with E-state index in [0.717, 1.165) is 10.9 Å². The molecule has 1 heterocycles. The Labute approximate surface area is 152 Å². The van der Waals surface area contributed by atoms with Gasteiger partial charge in [-0.3, -0.25) is 9.59 Å². The Morgan fingerprint density at radius 1 is 0.962 bits per heavy atom. The zero-order valence-electron chi connectivity index (χ0n) is 15.3. The number of anilines is 2. The molecule has 0 spiro atoms. The van der Waals surface area contributed by atoms with Crippen molar-refractivity contribution in [2.75, 3.05) is 10.6 Å². The topological polar surface area (TPSA) is 71.3 Å². The predicted octanol–water partition coefficient (Wildman–Crippen LogP) is 4.98. The molecule has 0 fully saturated rings. The lowest BCUT2D eigenvalue weighted by molar-refractivity contribution is -0.123. The number of hydrogen-bond acceptors (Lipinski definition) is 3. The standard InChI is InChI=1S/C21H22N2O3/c1-13-11-15(22-20(25)21(2,3)4)9-10-16(13)23-19(24)18-12-14-7-5-6-8-17(14)26-18/h5-12H,1-4H3,(H,22,25)(H,23,24). The van der Waals surface area contributed by atoms with Crippen LogP contribution in [0.25, 0.3) is 11.0 Å². The van der Waals surface area contributed by atoms with Gasteiger partial charge < -0.3 is 15.1 Å². The average molecular weight is 350 g/mol. The maximum atomic E-state index is 12.5. The monoisotopic (exact) mass is 350 g/mol. The van der Waals surface area contributed by atoms with Crippen LogP contribution in [0.4, 0.5) is 11.4 Å². The number of carbonyl (C=O) groups excluding carboxylic acids is 2. The highest BCUT2D eigenvalue weighted by atomic mass is 16.3. The Balaban J connectivity index is 1.75. The van der Waals surface area contributed by atoms with Gasteiger partial charge in [-0.15, -0.1) is 0 Å². The first-order valence-corrected chi connectivity index (χ1v) is 8.46. The molecule has 0 saturated heterocycles. The number of carbonyl (C=O) groups is 2. The molecule has 0 unspecified atom stereocenters. The quantitative estimate of drug-likeness (QED) is 0.700. The maximum absolute atomic E-state index is 12.5. The van der Waals surface area contributed by atoms with E-state index >= 15 is 0 Å². The van der Waals surface area contributed by atoms with Crippen molar-refractivity contribution in [3.63, 3.8) is 0 Å². The fraction of sp³-hybridized carbons (Fsp3) is 0.238. The van der Waals surface area contributed by atoms with Gasteiger partial charge in [0, 0.05) is 22.2 Å². The first-order valence-electron chi connectivity index (χ1n) is 8.46. The van der Waals surface area contributed by atoms with Crippen LogP contribution in [-0.4, -0.2) is 11.8 Å². The SMILES string of the molecule is Cc1cc(NC(=O)C(C)(C)C)ccc1NC(=O)c1cc2ccccc2o1. The highest BCUT2D eigenvalue weighted by Crippen LogP contribution is 2.24. The minimum Gasteiger partial charge on any atom is -0.451 e. The zero-order valence-corrected chi connectivity index (χ0v) is 15.3. The molecule has 5 heteroatoms. The van der Waals surface area contributed by atoms with E-state index in [1.165, 1.54) is 0 Å². The first kappa shape index (κ1) is 17.7. The van der Waals surface area contributed by atoms with Crippen molar-refractivity contribution in [1.29, 1.82) is 0 Å². The van der Waals surface area contributed by atoms with Crippen molar-refractivity contribution in [3.05, 3.63) is 59.9 Å². The summed E-state index contributed by atoms with van der Waals surface area (Å²) >= 11 is 0. The van der Waals surface area contributed by atoms with Crippen LogP contribution < -0.4 is 10.6 Å². The van der Waals surface area contributed by atoms with Crippen LogP contribution in [0.1, 0.15) is 36.9 Å². The van der Waals surface area contributed by atoms with Crippen molar-refractivity contribution in [3.8, 4) is 0 Å². The fourth-order valence-electron chi connectivity index (χ4n) is 2.48. The smallest absolute Gasteiger partial charge is 0.291 e. The van der Waals surface area contributed by atoms with E-state index in [0.29, 0.717) is 17.0 Å². The Bertz CT molecular complexity index is 947. The molecule has 5 nitrogen and oxygen atoms in total. The molecule has 2 N–H and O–H groups in total. The molecule has 2 amide bonds. The molecule has 2 aromatic carbocycles. The minimum atomic E-state index is -0.470. The number of fused-ring (bicyclic) bond motifs is 1. The van der Waals surface area contributed by atoms with Crippen molar-refractivity contribution < 1.29 is 14.0 Å². The minimum absolute atomic E-state index is 0.0593. The number of nitrogens with one attached hydrogen (secondary N) is 2. The van der Waals surface area contributed by atoms with Gasteiger partial charge in [-0.25, -0.2) is 0 Å². The van der Waals surface area contributed by atoms with Gasteiger partial charge in [0.05, 0.1) is 0 Å². The number of amides is 2. The molecule has 0 radical (unpaired) electrons. The molecule has 0 saturated carbocycles. The third kappa shape index (κ3) is 3.77. The van der Waals surface area contributed by atoms with Crippen LogP contribution in [0, 0.1) is 12.3 Å². The Kier molecular flexibility index (Phi) is 4.55. The van der Waals surface area contributed by atoms with Crippen molar-refractivity contribution in [2.24, 2.45) is 5.41 Å². The van der Waals surface area contributed by atoms with Gasteiger partial charge in [0.2, 0.25) is 5.91 Å². The summed E-state index contributed by atoms with van der Waals surface area (Å²) < 4.78 is 5.59. The van der Waals surface area contributed by atoms with Crippen molar-refractivity contribution >= 4 is 34.2 Å². The fourth-order valence-corrected chi connectivity index (χ4v) is 2.48. The second-order valence-corrected chi connectivity index (χ2v) is 7.34. The summed E-state index contributed by atoms with van der Waals surface area (Å²) in [5, 5.41) is 6.62. The van der Waals surface area contributed by atoms with E-state index in [1.54, 1.807) is 18.2 Å². The van der Waals surface area contributed by atoms with Crippen molar-refractivity contribution in [2.45, 2.75) is 27.7 Å². The highest BCUT2D eigenvalue weighted by Gasteiger charge is 2.21. The molecular formula is C21H22N2O3. The molecule has 1 aromatic heterocycles. The average Bonchev–Trinajstić information content (AvgIpc) is 3.00. The number of furan rings is 1. The van der Waals surface area contributed by atoms with E-state index < -0.39 is 5.41 Å². The van der Waals surface area contributed by atoms with E-state index in [2.05, 4.69) is 10.6 Å². The van der Waals surface area contributed by atoms with Gasteiger partial charge in [-0.2, -0.15) is 0 Å². The van der Waals surface area contributed by atoms with E-state index in [9.17, 15) is 9.59 Å².